The molecule has 0 bridgehead atoms. The molecule has 2 rings (SSSR count). The Morgan fingerprint density at radius 1 is 1.56 bits per heavy atom. The Balaban J connectivity index is 1.96. The number of nitrogens with zero attached hydrogens (tertiary/aromatic N) is 1. The summed E-state index contributed by atoms with van der Waals surface area (Å²) in [6.07, 6.45) is 3.22. The van der Waals surface area contributed by atoms with Gasteiger partial charge in [0.1, 0.15) is 6.26 Å². The number of piperidine rings is 1. The van der Waals surface area contributed by atoms with Crippen LogP contribution in [0.3, 0.4) is 0 Å². The topological polar surface area (TPSA) is 53.7 Å². The predicted octanol–water partition coefficient (Wildman–Crippen LogP) is 1.89. The Morgan fingerprint density at radius 2 is 2.25 bits per heavy atom. The van der Waals surface area contributed by atoms with Crippen molar-refractivity contribution in [2.75, 3.05) is 19.7 Å². The molecule has 0 spiro atoms. The van der Waals surface area contributed by atoms with Crippen LogP contribution < -0.4 is 0 Å². The van der Waals surface area contributed by atoms with E-state index in [-0.39, 0.29) is 12.5 Å². The fourth-order valence-electron chi connectivity index (χ4n) is 1.92. The summed E-state index contributed by atoms with van der Waals surface area (Å²) in [6, 6.07) is 1.68. The Labute approximate surface area is 102 Å². The lowest BCUT2D eigenvalue weighted by atomic mass is 9.97. The van der Waals surface area contributed by atoms with Gasteiger partial charge in [-0.2, -0.15) is 0 Å². The second-order valence-corrected chi connectivity index (χ2v) is 4.84. The molecule has 2 heterocycles. The zero-order chi connectivity index (χ0) is 11.5. The third-order valence-corrected chi connectivity index (χ3v) is 3.39. The van der Waals surface area contributed by atoms with Crippen molar-refractivity contribution in [3.63, 3.8) is 0 Å². The molecule has 0 aliphatic carbocycles. The van der Waals surface area contributed by atoms with Gasteiger partial charge in [0.15, 0.2) is 4.67 Å². The highest BCUT2D eigenvalue weighted by Gasteiger charge is 2.23. The van der Waals surface area contributed by atoms with Crippen molar-refractivity contribution >= 4 is 21.8 Å². The normalized spacial score (nSPS) is 17.8. The molecule has 1 N–H and O–H groups in total. The molecule has 4 nitrogen and oxygen atoms in total. The van der Waals surface area contributed by atoms with Crippen LogP contribution in [0, 0.1) is 5.92 Å². The molecule has 5 heteroatoms. The van der Waals surface area contributed by atoms with Crippen molar-refractivity contribution in [1.82, 2.24) is 4.90 Å². The van der Waals surface area contributed by atoms with Gasteiger partial charge in [-0.25, -0.2) is 0 Å². The van der Waals surface area contributed by atoms with E-state index in [1.54, 1.807) is 6.07 Å². The lowest BCUT2D eigenvalue weighted by Crippen LogP contribution is -2.39. The molecule has 1 aliphatic heterocycles. The highest BCUT2D eigenvalue weighted by atomic mass is 79.9. The van der Waals surface area contributed by atoms with Gasteiger partial charge in [0.05, 0.1) is 5.56 Å². The van der Waals surface area contributed by atoms with Gasteiger partial charge in [-0.3, -0.25) is 4.79 Å². The molecule has 0 atom stereocenters. The smallest absolute Gasteiger partial charge is 0.257 e. The Kier molecular flexibility index (Phi) is 3.66. The molecule has 1 fully saturated rings. The van der Waals surface area contributed by atoms with Gasteiger partial charge in [0, 0.05) is 25.8 Å². The first-order chi connectivity index (χ1) is 7.70. The molecular formula is C11H14BrNO3. The molecule has 1 saturated heterocycles. The van der Waals surface area contributed by atoms with E-state index in [4.69, 9.17) is 9.52 Å². The monoisotopic (exact) mass is 287 g/mol. The fraction of sp³-hybridized carbons (Fsp3) is 0.545. The first kappa shape index (κ1) is 11.7. The summed E-state index contributed by atoms with van der Waals surface area (Å²) in [5.74, 6) is 0.353. The van der Waals surface area contributed by atoms with Crippen LogP contribution >= 0.6 is 15.9 Å². The molecule has 0 aromatic carbocycles. The van der Waals surface area contributed by atoms with Gasteiger partial charge < -0.3 is 14.4 Å². The molecule has 1 amide bonds. The zero-order valence-corrected chi connectivity index (χ0v) is 10.4. The largest absolute Gasteiger partial charge is 0.457 e. The van der Waals surface area contributed by atoms with Crippen LogP contribution in [-0.4, -0.2) is 35.6 Å². The number of hydrogen-bond donors (Lipinski definition) is 1. The van der Waals surface area contributed by atoms with Crippen LogP contribution in [0.1, 0.15) is 23.2 Å². The lowest BCUT2D eigenvalue weighted by Gasteiger charge is -2.30. The van der Waals surface area contributed by atoms with Crippen LogP contribution in [0.25, 0.3) is 0 Å². The number of rotatable bonds is 2. The minimum atomic E-state index is 0.00541. The van der Waals surface area contributed by atoms with Crippen LogP contribution in [0.5, 0.6) is 0 Å². The molecule has 1 aromatic rings. The van der Waals surface area contributed by atoms with E-state index in [9.17, 15) is 4.79 Å². The predicted molar refractivity (Wildman–Crippen MR) is 62.1 cm³/mol. The molecule has 0 radical (unpaired) electrons. The lowest BCUT2D eigenvalue weighted by molar-refractivity contribution is 0.0650. The average molecular weight is 288 g/mol. The van der Waals surface area contributed by atoms with Crippen LogP contribution in [0.2, 0.25) is 0 Å². The third-order valence-electron chi connectivity index (χ3n) is 2.97. The number of likely N-dealkylation sites (tertiary alicyclic amines) is 1. The molecule has 1 aliphatic rings. The van der Waals surface area contributed by atoms with Crippen molar-refractivity contribution in [2.45, 2.75) is 12.8 Å². The number of furan rings is 1. The fourth-order valence-corrected chi connectivity index (χ4v) is 2.26. The van der Waals surface area contributed by atoms with Gasteiger partial charge in [0.2, 0.25) is 0 Å². The standard InChI is InChI=1S/C11H14BrNO3/c12-10-5-9(7-16-10)11(15)13-3-1-8(6-14)2-4-13/h5,7-8,14H,1-4,6H2. The third kappa shape index (κ3) is 2.47. The van der Waals surface area contributed by atoms with Gasteiger partial charge in [-0.1, -0.05) is 0 Å². The summed E-state index contributed by atoms with van der Waals surface area (Å²) in [4.78, 5) is 13.8. The van der Waals surface area contributed by atoms with Crippen molar-refractivity contribution in [2.24, 2.45) is 5.92 Å². The maximum atomic E-state index is 12.0. The maximum absolute atomic E-state index is 12.0. The molecule has 1 aromatic heterocycles. The average Bonchev–Trinajstić information content (AvgIpc) is 2.75. The van der Waals surface area contributed by atoms with E-state index in [1.165, 1.54) is 6.26 Å². The summed E-state index contributed by atoms with van der Waals surface area (Å²) in [5.41, 5.74) is 0.578. The van der Waals surface area contributed by atoms with E-state index >= 15 is 0 Å². The number of aliphatic hydroxyl groups is 1. The molecule has 16 heavy (non-hydrogen) atoms. The summed E-state index contributed by atoms with van der Waals surface area (Å²) in [7, 11) is 0. The number of carbonyl (C=O) groups excluding carboxylic acids is 1. The Morgan fingerprint density at radius 3 is 2.75 bits per heavy atom. The van der Waals surface area contributed by atoms with E-state index in [0.717, 1.165) is 12.8 Å². The summed E-state index contributed by atoms with van der Waals surface area (Å²) >= 11 is 3.17. The van der Waals surface area contributed by atoms with E-state index in [1.807, 2.05) is 4.90 Å². The quantitative estimate of drug-likeness (QED) is 0.904. The number of halogens is 1. The summed E-state index contributed by atoms with van der Waals surface area (Å²) < 4.78 is 5.62. The van der Waals surface area contributed by atoms with Crippen LogP contribution in [-0.2, 0) is 0 Å². The van der Waals surface area contributed by atoms with Crippen molar-refractivity contribution in [3.05, 3.63) is 22.6 Å². The molecule has 0 saturated carbocycles. The number of amides is 1. The number of aliphatic hydroxyl groups excluding tert-OH is 1. The zero-order valence-electron chi connectivity index (χ0n) is 8.86. The second kappa shape index (κ2) is 5.01. The number of hydrogen-bond acceptors (Lipinski definition) is 3. The highest BCUT2D eigenvalue weighted by molar-refractivity contribution is 9.10. The van der Waals surface area contributed by atoms with Gasteiger partial charge in [-0.05, 0) is 34.7 Å². The van der Waals surface area contributed by atoms with Gasteiger partial charge in [0.25, 0.3) is 5.91 Å². The first-order valence-electron chi connectivity index (χ1n) is 5.35. The van der Waals surface area contributed by atoms with Gasteiger partial charge >= 0.3 is 0 Å². The Bertz CT molecular complexity index is 369. The molecular weight excluding hydrogens is 274 g/mol. The minimum absolute atomic E-state index is 0.00541. The van der Waals surface area contributed by atoms with Crippen LogP contribution in [0.15, 0.2) is 21.4 Å². The maximum Gasteiger partial charge on any atom is 0.257 e. The Hall–Kier alpha value is -0.810. The van der Waals surface area contributed by atoms with Crippen molar-refractivity contribution < 1.29 is 14.3 Å². The summed E-state index contributed by atoms with van der Waals surface area (Å²) in [6.45, 7) is 1.65. The van der Waals surface area contributed by atoms with Crippen molar-refractivity contribution in [1.29, 1.82) is 0 Å². The van der Waals surface area contributed by atoms with E-state index in [2.05, 4.69) is 15.9 Å². The second-order valence-electron chi connectivity index (χ2n) is 4.06. The van der Waals surface area contributed by atoms with E-state index in [0.29, 0.717) is 29.2 Å². The first-order valence-corrected chi connectivity index (χ1v) is 6.14. The minimum Gasteiger partial charge on any atom is -0.457 e. The SMILES string of the molecule is O=C(c1coc(Br)c1)N1CCC(CO)CC1. The van der Waals surface area contributed by atoms with E-state index < -0.39 is 0 Å². The molecule has 88 valence electrons. The number of carbonyl (C=O) groups is 1. The summed E-state index contributed by atoms with van der Waals surface area (Å²) in [5, 5.41) is 9.01. The van der Waals surface area contributed by atoms with Gasteiger partial charge in [-0.15, -0.1) is 0 Å². The van der Waals surface area contributed by atoms with Crippen LogP contribution in [0.4, 0.5) is 0 Å². The van der Waals surface area contributed by atoms with Crippen molar-refractivity contribution in [3.8, 4) is 0 Å². The highest BCUT2D eigenvalue weighted by Crippen LogP contribution is 2.20. The molecule has 0 unspecified atom stereocenters.